The topological polar surface area (TPSA) is 94.3 Å². The van der Waals surface area contributed by atoms with Crippen molar-refractivity contribution in [1.82, 2.24) is 4.98 Å². The molecule has 0 saturated carbocycles. The van der Waals surface area contributed by atoms with Crippen LogP contribution in [0.25, 0.3) is 22.2 Å². The van der Waals surface area contributed by atoms with Gasteiger partial charge in [-0.05, 0) is 41.8 Å². The molecule has 5 rings (SSSR count). The fourth-order valence-electron chi connectivity index (χ4n) is 4.29. The second-order valence-corrected chi connectivity index (χ2v) is 10.9. The third-order valence-electron chi connectivity index (χ3n) is 6.17. The zero-order chi connectivity index (χ0) is 27.4. The summed E-state index contributed by atoms with van der Waals surface area (Å²) in [5.41, 5.74) is 9.73. The van der Waals surface area contributed by atoms with Crippen LogP contribution in [-0.4, -0.2) is 23.4 Å². The molecule has 2 amide bonds. The number of carbonyl (C=O) groups is 2. The van der Waals surface area contributed by atoms with Gasteiger partial charge < -0.3 is 15.8 Å². The van der Waals surface area contributed by atoms with Gasteiger partial charge >= 0.3 is 0 Å². The van der Waals surface area contributed by atoms with Crippen molar-refractivity contribution in [3.8, 4) is 17.0 Å². The maximum atomic E-state index is 13.7. The number of nitrogens with one attached hydrogen (secondary N) is 1. The van der Waals surface area contributed by atoms with Gasteiger partial charge in [0.05, 0.1) is 28.9 Å². The van der Waals surface area contributed by atoms with E-state index in [0.29, 0.717) is 51.7 Å². The van der Waals surface area contributed by atoms with Gasteiger partial charge in [0.25, 0.3) is 11.8 Å². The molecule has 0 fully saturated rings. The van der Waals surface area contributed by atoms with E-state index in [1.165, 1.54) is 11.3 Å². The second-order valence-electron chi connectivity index (χ2n) is 9.74. The fraction of sp³-hybridized carbons (Fsp3) is 0.156. The number of thiophene rings is 1. The Labute approximate surface area is 231 Å². The Morgan fingerprint density at radius 2 is 1.69 bits per heavy atom. The molecule has 39 heavy (non-hydrogen) atoms. The first kappa shape index (κ1) is 26.1. The molecule has 0 radical (unpaired) electrons. The number of fused-ring (bicyclic) bond motifs is 1. The van der Waals surface area contributed by atoms with Crippen LogP contribution in [0.15, 0.2) is 91.0 Å². The highest BCUT2D eigenvalue weighted by Crippen LogP contribution is 2.32. The smallest absolute Gasteiger partial charge is 0.257 e. The van der Waals surface area contributed by atoms with E-state index in [4.69, 9.17) is 15.5 Å². The number of nitrogens with two attached hydrogens (primary N) is 1. The first-order valence-corrected chi connectivity index (χ1v) is 13.6. The summed E-state index contributed by atoms with van der Waals surface area (Å²) in [5.74, 6) is 0.230. The Morgan fingerprint density at radius 3 is 2.46 bits per heavy atom. The third-order valence-corrected chi connectivity index (χ3v) is 7.22. The molecule has 3 N–H and O–H groups in total. The van der Waals surface area contributed by atoms with Gasteiger partial charge in [0.15, 0.2) is 0 Å². The Bertz CT molecular complexity index is 1640. The van der Waals surface area contributed by atoms with E-state index in [9.17, 15) is 9.59 Å². The van der Waals surface area contributed by atoms with Crippen LogP contribution < -0.4 is 15.8 Å². The van der Waals surface area contributed by atoms with E-state index >= 15 is 0 Å². The van der Waals surface area contributed by atoms with E-state index in [1.54, 1.807) is 12.1 Å². The third kappa shape index (κ3) is 6.16. The summed E-state index contributed by atoms with van der Waals surface area (Å²) in [5, 5.41) is 4.11. The Balaban J connectivity index is 1.49. The van der Waals surface area contributed by atoms with Gasteiger partial charge in [-0.15, -0.1) is 11.3 Å². The highest BCUT2D eigenvalue weighted by atomic mass is 32.1. The van der Waals surface area contributed by atoms with E-state index < -0.39 is 5.91 Å². The number of carbonyl (C=O) groups excluding carboxylic acids is 2. The van der Waals surface area contributed by atoms with Crippen molar-refractivity contribution in [1.29, 1.82) is 0 Å². The molecule has 0 aliphatic heterocycles. The SMILES string of the molecule is CC(C)COc1cccc(-c2cc(C(=O)Nc3sc(Cc4ccccc4)cc3C(N)=O)c3ccccc3n2)c1. The van der Waals surface area contributed by atoms with Crippen LogP contribution in [0.1, 0.15) is 45.0 Å². The number of benzene rings is 3. The molecule has 5 aromatic rings. The number of para-hydroxylation sites is 1. The Morgan fingerprint density at radius 1 is 0.923 bits per heavy atom. The molecule has 0 bridgehead atoms. The summed E-state index contributed by atoms with van der Waals surface area (Å²) in [7, 11) is 0. The number of aromatic nitrogens is 1. The van der Waals surface area contributed by atoms with Gasteiger partial charge in [0.2, 0.25) is 0 Å². The highest BCUT2D eigenvalue weighted by molar-refractivity contribution is 7.16. The van der Waals surface area contributed by atoms with Gasteiger partial charge in [-0.3, -0.25) is 9.59 Å². The van der Waals surface area contributed by atoms with Crippen LogP contribution in [0.5, 0.6) is 5.75 Å². The van der Waals surface area contributed by atoms with Crippen molar-refractivity contribution in [3.63, 3.8) is 0 Å². The summed E-state index contributed by atoms with van der Waals surface area (Å²) in [6.07, 6.45) is 0.638. The summed E-state index contributed by atoms with van der Waals surface area (Å²) < 4.78 is 5.90. The summed E-state index contributed by atoms with van der Waals surface area (Å²) in [6.45, 7) is 4.81. The predicted octanol–water partition coefficient (Wildman–Crippen LogP) is 6.94. The molecular formula is C32H29N3O3S. The summed E-state index contributed by atoms with van der Waals surface area (Å²) >= 11 is 1.36. The minimum atomic E-state index is -0.584. The van der Waals surface area contributed by atoms with Crippen molar-refractivity contribution >= 4 is 39.1 Å². The number of amides is 2. The van der Waals surface area contributed by atoms with Gasteiger partial charge in [-0.1, -0.05) is 74.5 Å². The van der Waals surface area contributed by atoms with Gasteiger partial charge in [-0.25, -0.2) is 4.98 Å². The van der Waals surface area contributed by atoms with E-state index in [0.717, 1.165) is 21.8 Å². The van der Waals surface area contributed by atoms with Crippen LogP contribution in [-0.2, 0) is 6.42 Å². The van der Waals surface area contributed by atoms with Crippen LogP contribution in [0.4, 0.5) is 5.00 Å². The molecule has 0 spiro atoms. The monoisotopic (exact) mass is 535 g/mol. The molecule has 2 aromatic heterocycles. The molecule has 0 aliphatic rings. The molecule has 2 heterocycles. The summed E-state index contributed by atoms with van der Waals surface area (Å²) in [4.78, 5) is 31.7. The molecule has 3 aromatic carbocycles. The van der Waals surface area contributed by atoms with Crippen LogP contribution >= 0.6 is 11.3 Å². The zero-order valence-corrected chi connectivity index (χ0v) is 22.6. The Hall–Kier alpha value is -4.49. The molecule has 6 nitrogen and oxygen atoms in total. The number of pyridine rings is 1. The van der Waals surface area contributed by atoms with Gasteiger partial charge in [0.1, 0.15) is 10.8 Å². The largest absolute Gasteiger partial charge is 0.493 e. The van der Waals surface area contributed by atoms with Gasteiger partial charge in [-0.2, -0.15) is 0 Å². The molecule has 0 atom stereocenters. The minimum Gasteiger partial charge on any atom is -0.493 e. The van der Waals surface area contributed by atoms with Crippen LogP contribution in [0.2, 0.25) is 0 Å². The van der Waals surface area contributed by atoms with Crippen molar-refractivity contribution < 1.29 is 14.3 Å². The second kappa shape index (κ2) is 11.5. The highest BCUT2D eigenvalue weighted by Gasteiger charge is 2.20. The molecule has 0 aliphatic carbocycles. The minimum absolute atomic E-state index is 0.299. The number of ether oxygens (including phenoxy) is 1. The maximum absolute atomic E-state index is 13.7. The van der Waals surface area contributed by atoms with E-state index in [1.807, 2.05) is 78.9 Å². The lowest BCUT2D eigenvalue weighted by atomic mass is 10.0. The van der Waals surface area contributed by atoms with Crippen LogP contribution in [0.3, 0.4) is 0 Å². The van der Waals surface area contributed by atoms with Crippen molar-refractivity contribution in [2.75, 3.05) is 11.9 Å². The quantitative estimate of drug-likeness (QED) is 0.214. The standard InChI is InChI=1S/C32H29N3O3S/c1-20(2)19-38-23-12-8-11-22(16-23)29-18-26(25-13-6-7-14-28(25)34-29)31(37)35-32-27(30(33)36)17-24(39-32)15-21-9-4-3-5-10-21/h3-14,16-18,20H,15,19H2,1-2H3,(H2,33,36)(H,35,37). The summed E-state index contributed by atoms with van der Waals surface area (Å²) in [6, 6.07) is 28.7. The Kier molecular flexibility index (Phi) is 7.70. The van der Waals surface area contributed by atoms with Crippen molar-refractivity contribution in [2.24, 2.45) is 11.7 Å². The average molecular weight is 536 g/mol. The molecule has 196 valence electrons. The number of primary amides is 1. The number of hydrogen-bond acceptors (Lipinski definition) is 5. The molecule has 0 unspecified atom stereocenters. The van der Waals surface area contributed by atoms with E-state index in [-0.39, 0.29) is 5.91 Å². The van der Waals surface area contributed by atoms with Crippen LogP contribution in [0, 0.1) is 5.92 Å². The van der Waals surface area contributed by atoms with Gasteiger partial charge in [0, 0.05) is 22.2 Å². The number of rotatable bonds is 9. The van der Waals surface area contributed by atoms with Crippen molar-refractivity contribution in [3.05, 3.63) is 113 Å². The first-order chi connectivity index (χ1) is 18.9. The number of hydrogen-bond donors (Lipinski definition) is 2. The average Bonchev–Trinajstić information content (AvgIpc) is 3.34. The number of nitrogens with zero attached hydrogens (tertiary/aromatic N) is 1. The lowest BCUT2D eigenvalue weighted by molar-refractivity contribution is 0.100. The maximum Gasteiger partial charge on any atom is 0.257 e. The first-order valence-electron chi connectivity index (χ1n) is 12.8. The zero-order valence-electron chi connectivity index (χ0n) is 21.8. The number of anilines is 1. The molecule has 0 saturated heterocycles. The van der Waals surface area contributed by atoms with E-state index in [2.05, 4.69) is 19.2 Å². The predicted molar refractivity (Wildman–Crippen MR) is 158 cm³/mol. The lowest BCUT2D eigenvalue weighted by Crippen LogP contribution is -2.17. The molecular weight excluding hydrogens is 506 g/mol. The fourth-order valence-corrected chi connectivity index (χ4v) is 5.38. The molecule has 7 heteroatoms. The lowest BCUT2D eigenvalue weighted by Gasteiger charge is -2.12. The van der Waals surface area contributed by atoms with Crippen molar-refractivity contribution in [2.45, 2.75) is 20.3 Å². The normalized spacial score (nSPS) is 11.1.